The molecule has 0 spiro atoms. The summed E-state index contributed by atoms with van der Waals surface area (Å²) in [6.07, 6.45) is 5.07. The maximum Gasteiger partial charge on any atom is 0.133 e. The molecule has 0 radical (unpaired) electrons. The van der Waals surface area contributed by atoms with Gasteiger partial charge in [0.15, 0.2) is 0 Å². The topological polar surface area (TPSA) is 73.7 Å². The molecule has 3 aromatic rings. The molecule has 0 fully saturated rings. The molecule has 1 aliphatic heterocycles. The molecule has 21 heavy (non-hydrogen) atoms. The molecule has 6 nitrogen and oxygen atoms in total. The van der Waals surface area contributed by atoms with Crippen LogP contribution in [0.3, 0.4) is 0 Å². The van der Waals surface area contributed by atoms with Gasteiger partial charge in [0, 0.05) is 35.9 Å². The lowest BCUT2D eigenvalue weighted by Crippen LogP contribution is -2.24. The molecule has 3 N–H and O–H groups in total. The minimum atomic E-state index is 0.232. The molecule has 6 heteroatoms. The summed E-state index contributed by atoms with van der Waals surface area (Å²) in [5.74, 6) is 1.05. The number of rotatable bonds is 2. The second kappa shape index (κ2) is 4.51. The number of nitrogens with two attached hydrogens (primary N) is 1. The number of aryl methyl sites for hydroxylation is 1. The van der Waals surface area contributed by atoms with Crippen LogP contribution < -0.4 is 11.1 Å². The SMILES string of the molecule is CCn1cc(C2CCNc3c4cc(N)ccc4nn32)cn1. The third-order valence-electron chi connectivity index (χ3n) is 4.09. The van der Waals surface area contributed by atoms with Crippen LogP contribution in [0.4, 0.5) is 11.5 Å². The molecular formula is C15H18N6. The number of anilines is 2. The first-order valence-corrected chi connectivity index (χ1v) is 7.30. The largest absolute Gasteiger partial charge is 0.399 e. The van der Waals surface area contributed by atoms with Gasteiger partial charge < -0.3 is 11.1 Å². The molecule has 0 saturated carbocycles. The Kier molecular flexibility index (Phi) is 2.63. The Morgan fingerprint density at radius 2 is 2.33 bits per heavy atom. The molecule has 1 aliphatic rings. The van der Waals surface area contributed by atoms with Gasteiger partial charge in [-0.2, -0.15) is 10.2 Å². The van der Waals surface area contributed by atoms with E-state index in [9.17, 15) is 0 Å². The molecule has 3 heterocycles. The minimum absolute atomic E-state index is 0.232. The fourth-order valence-corrected chi connectivity index (χ4v) is 3.00. The lowest BCUT2D eigenvalue weighted by Gasteiger charge is -2.25. The Labute approximate surface area is 122 Å². The van der Waals surface area contributed by atoms with Crippen molar-refractivity contribution in [1.82, 2.24) is 19.6 Å². The van der Waals surface area contributed by atoms with Gasteiger partial charge in [0.25, 0.3) is 0 Å². The highest BCUT2D eigenvalue weighted by Gasteiger charge is 2.25. The summed E-state index contributed by atoms with van der Waals surface area (Å²) in [4.78, 5) is 0. The van der Waals surface area contributed by atoms with Gasteiger partial charge in [-0.1, -0.05) is 0 Å². The Morgan fingerprint density at radius 1 is 1.43 bits per heavy atom. The lowest BCUT2D eigenvalue weighted by molar-refractivity contribution is 0.485. The van der Waals surface area contributed by atoms with E-state index in [0.717, 1.165) is 41.9 Å². The van der Waals surface area contributed by atoms with Crippen molar-refractivity contribution in [1.29, 1.82) is 0 Å². The molecule has 0 amide bonds. The van der Waals surface area contributed by atoms with Crippen molar-refractivity contribution in [2.75, 3.05) is 17.6 Å². The molecule has 2 aromatic heterocycles. The quantitative estimate of drug-likeness (QED) is 0.707. The number of nitrogen functional groups attached to an aromatic ring is 1. The fourth-order valence-electron chi connectivity index (χ4n) is 3.00. The minimum Gasteiger partial charge on any atom is -0.399 e. The van der Waals surface area contributed by atoms with E-state index in [4.69, 9.17) is 10.8 Å². The van der Waals surface area contributed by atoms with Gasteiger partial charge in [0.05, 0.1) is 17.8 Å². The van der Waals surface area contributed by atoms with Crippen LogP contribution >= 0.6 is 0 Å². The molecule has 1 unspecified atom stereocenters. The molecule has 0 saturated heterocycles. The van der Waals surface area contributed by atoms with Crippen molar-refractivity contribution in [2.45, 2.75) is 25.9 Å². The average molecular weight is 282 g/mol. The van der Waals surface area contributed by atoms with E-state index in [1.807, 2.05) is 29.1 Å². The van der Waals surface area contributed by atoms with E-state index in [2.05, 4.69) is 28.2 Å². The summed E-state index contributed by atoms with van der Waals surface area (Å²) < 4.78 is 4.03. The number of aromatic nitrogens is 4. The standard InChI is InChI=1S/C15H18N6/c1-2-20-9-10(8-18-20)14-5-6-17-15-12-7-11(16)3-4-13(12)19-21(14)15/h3-4,7-9,14,17H,2,5-6,16H2,1H3. The first kappa shape index (κ1) is 12.3. The Balaban J connectivity index is 1.85. The predicted octanol–water partition coefficient (Wildman–Crippen LogP) is 2.24. The summed E-state index contributed by atoms with van der Waals surface area (Å²) in [6, 6.07) is 6.09. The van der Waals surface area contributed by atoms with E-state index in [1.165, 1.54) is 5.56 Å². The van der Waals surface area contributed by atoms with Crippen LogP contribution in [0.1, 0.15) is 24.9 Å². The van der Waals surface area contributed by atoms with Crippen LogP contribution in [0, 0.1) is 0 Å². The maximum atomic E-state index is 5.91. The normalized spacial score (nSPS) is 17.7. The first-order chi connectivity index (χ1) is 10.3. The smallest absolute Gasteiger partial charge is 0.133 e. The highest BCUT2D eigenvalue weighted by molar-refractivity contribution is 5.92. The van der Waals surface area contributed by atoms with Gasteiger partial charge in [-0.25, -0.2) is 4.68 Å². The van der Waals surface area contributed by atoms with Crippen molar-refractivity contribution in [3.8, 4) is 0 Å². The second-order valence-electron chi connectivity index (χ2n) is 5.43. The molecular weight excluding hydrogens is 264 g/mol. The summed E-state index contributed by atoms with van der Waals surface area (Å²) in [5.41, 5.74) is 8.85. The molecule has 1 atom stereocenters. The van der Waals surface area contributed by atoms with Crippen molar-refractivity contribution in [2.24, 2.45) is 0 Å². The molecule has 1 aromatic carbocycles. The van der Waals surface area contributed by atoms with E-state index >= 15 is 0 Å². The number of fused-ring (bicyclic) bond motifs is 3. The zero-order chi connectivity index (χ0) is 14.4. The lowest BCUT2D eigenvalue weighted by atomic mass is 10.1. The van der Waals surface area contributed by atoms with E-state index in [0.29, 0.717) is 0 Å². The Morgan fingerprint density at radius 3 is 3.14 bits per heavy atom. The Hall–Kier alpha value is -2.50. The van der Waals surface area contributed by atoms with Crippen LogP contribution in [0.5, 0.6) is 0 Å². The average Bonchev–Trinajstić information content (AvgIpc) is 3.11. The van der Waals surface area contributed by atoms with Crippen LogP contribution in [-0.2, 0) is 6.54 Å². The maximum absolute atomic E-state index is 5.91. The van der Waals surface area contributed by atoms with Gasteiger partial charge in [-0.3, -0.25) is 4.68 Å². The highest BCUT2D eigenvalue weighted by atomic mass is 15.4. The van der Waals surface area contributed by atoms with Gasteiger partial charge >= 0.3 is 0 Å². The third-order valence-corrected chi connectivity index (χ3v) is 4.09. The van der Waals surface area contributed by atoms with Gasteiger partial charge in [-0.15, -0.1) is 0 Å². The number of benzene rings is 1. The Bertz CT molecular complexity index is 800. The second-order valence-corrected chi connectivity index (χ2v) is 5.43. The van der Waals surface area contributed by atoms with Crippen molar-refractivity contribution in [3.63, 3.8) is 0 Å². The highest BCUT2D eigenvalue weighted by Crippen LogP contribution is 2.34. The number of nitrogens with one attached hydrogen (secondary N) is 1. The predicted molar refractivity (Wildman–Crippen MR) is 83.3 cm³/mol. The first-order valence-electron chi connectivity index (χ1n) is 7.30. The molecule has 0 bridgehead atoms. The number of hydrogen-bond acceptors (Lipinski definition) is 4. The molecule has 0 aliphatic carbocycles. The zero-order valence-corrected chi connectivity index (χ0v) is 12.0. The van der Waals surface area contributed by atoms with Crippen molar-refractivity contribution >= 4 is 22.4 Å². The van der Waals surface area contributed by atoms with Crippen LogP contribution in [0.2, 0.25) is 0 Å². The van der Waals surface area contributed by atoms with Crippen LogP contribution in [-0.4, -0.2) is 26.1 Å². The third kappa shape index (κ3) is 1.86. The summed E-state index contributed by atoms with van der Waals surface area (Å²) in [5, 5.41) is 13.7. The van der Waals surface area contributed by atoms with E-state index < -0.39 is 0 Å². The number of hydrogen-bond donors (Lipinski definition) is 2. The number of nitrogens with zero attached hydrogens (tertiary/aromatic N) is 4. The summed E-state index contributed by atoms with van der Waals surface area (Å²) in [7, 11) is 0. The molecule has 108 valence electrons. The summed E-state index contributed by atoms with van der Waals surface area (Å²) >= 11 is 0. The zero-order valence-electron chi connectivity index (χ0n) is 12.0. The van der Waals surface area contributed by atoms with E-state index in [-0.39, 0.29) is 6.04 Å². The van der Waals surface area contributed by atoms with Gasteiger partial charge in [-0.05, 0) is 31.5 Å². The van der Waals surface area contributed by atoms with Crippen LogP contribution in [0.25, 0.3) is 10.9 Å². The van der Waals surface area contributed by atoms with Crippen molar-refractivity contribution < 1.29 is 0 Å². The molecule has 4 rings (SSSR count). The summed E-state index contributed by atoms with van der Waals surface area (Å²) in [6.45, 7) is 3.91. The van der Waals surface area contributed by atoms with Gasteiger partial charge in [0.2, 0.25) is 0 Å². The van der Waals surface area contributed by atoms with Gasteiger partial charge in [0.1, 0.15) is 5.82 Å². The van der Waals surface area contributed by atoms with Crippen molar-refractivity contribution in [3.05, 3.63) is 36.2 Å². The monoisotopic (exact) mass is 282 g/mol. The fraction of sp³-hybridized carbons (Fsp3) is 0.333. The van der Waals surface area contributed by atoms with E-state index in [1.54, 1.807) is 0 Å². The van der Waals surface area contributed by atoms with Crippen LogP contribution in [0.15, 0.2) is 30.6 Å².